The molecule has 1 fully saturated rings. The molecule has 2 unspecified atom stereocenters. The molecule has 2 aromatic rings. The Bertz CT molecular complexity index is 1140. The number of methoxy groups -OCH3 is 1. The van der Waals surface area contributed by atoms with Crippen LogP contribution in [0.15, 0.2) is 48.5 Å². The van der Waals surface area contributed by atoms with Crippen LogP contribution in [0, 0.1) is 12.8 Å². The van der Waals surface area contributed by atoms with Gasteiger partial charge in [0.15, 0.2) is 0 Å². The Kier molecular flexibility index (Phi) is 10.0. The van der Waals surface area contributed by atoms with E-state index >= 15 is 0 Å². The van der Waals surface area contributed by atoms with Gasteiger partial charge in [0, 0.05) is 11.7 Å². The number of hydrogen-bond donors (Lipinski definition) is 2. The number of rotatable bonds is 10. The maximum absolute atomic E-state index is 14.3. The maximum atomic E-state index is 14.3. The van der Waals surface area contributed by atoms with Crippen LogP contribution in [-0.4, -0.2) is 47.6 Å². The second-order valence-electron chi connectivity index (χ2n) is 11.7. The fraction of sp³-hybridized carbons (Fsp3) is 0.516. The number of nitrogens with zero attached hydrogens (tertiary/aromatic N) is 1. The number of aryl methyl sites for hydroxylation is 1. The average Bonchev–Trinajstić information content (AvgIpc) is 2.80. The first-order valence-corrected chi connectivity index (χ1v) is 13.7. The van der Waals surface area contributed by atoms with Crippen molar-refractivity contribution in [3.05, 3.63) is 59.7 Å². The van der Waals surface area contributed by atoms with Crippen molar-refractivity contribution >= 4 is 23.6 Å². The summed E-state index contributed by atoms with van der Waals surface area (Å²) < 4.78 is 10.7. The van der Waals surface area contributed by atoms with E-state index < -0.39 is 23.8 Å². The Morgan fingerprint density at radius 3 is 2.23 bits per heavy atom. The van der Waals surface area contributed by atoms with Crippen molar-refractivity contribution in [2.24, 2.45) is 5.92 Å². The number of carbonyl (C=O) groups is 3. The summed E-state index contributed by atoms with van der Waals surface area (Å²) >= 11 is 0. The number of carbonyl (C=O) groups excluding carboxylic acids is 3. The lowest BCUT2D eigenvalue weighted by Crippen LogP contribution is -2.57. The largest absolute Gasteiger partial charge is 0.497 e. The molecule has 8 heteroatoms. The fourth-order valence-corrected chi connectivity index (χ4v) is 4.67. The summed E-state index contributed by atoms with van der Waals surface area (Å²) in [6.45, 7) is 11.3. The third-order valence-corrected chi connectivity index (χ3v) is 6.66. The van der Waals surface area contributed by atoms with Gasteiger partial charge >= 0.3 is 6.09 Å². The fourth-order valence-electron chi connectivity index (χ4n) is 4.67. The minimum Gasteiger partial charge on any atom is -0.497 e. The molecule has 0 spiro atoms. The summed E-state index contributed by atoms with van der Waals surface area (Å²) in [5, 5.41) is 5.81. The average molecular weight is 538 g/mol. The van der Waals surface area contributed by atoms with Crippen molar-refractivity contribution in [2.75, 3.05) is 12.4 Å². The second kappa shape index (κ2) is 13.0. The molecular weight excluding hydrogens is 494 g/mol. The lowest BCUT2D eigenvalue weighted by molar-refractivity contribution is -0.146. The number of alkyl carbamates (subject to hydrolysis) is 1. The highest BCUT2D eigenvalue weighted by molar-refractivity contribution is 5.99. The molecule has 1 aliphatic rings. The predicted octanol–water partition coefficient (Wildman–Crippen LogP) is 6.00. The molecular formula is C31H43N3O5. The van der Waals surface area contributed by atoms with E-state index in [0.29, 0.717) is 17.9 Å². The van der Waals surface area contributed by atoms with Gasteiger partial charge in [0.2, 0.25) is 5.91 Å². The first-order valence-electron chi connectivity index (χ1n) is 13.7. The number of amides is 3. The molecule has 1 aliphatic carbocycles. The minimum absolute atomic E-state index is 0.111. The zero-order valence-electron chi connectivity index (χ0n) is 24.2. The van der Waals surface area contributed by atoms with Gasteiger partial charge in [-0.1, -0.05) is 43.7 Å². The van der Waals surface area contributed by atoms with E-state index in [2.05, 4.69) is 10.6 Å². The Morgan fingerprint density at radius 2 is 1.72 bits per heavy atom. The van der Waals surface area contributed by atoms with Crippen molar-refractivity contribution in [1.29, 1.82) is 0 Å². The Labute approximate surface area is 232 Å². The van der Waals surface area contributed by atoms with Crippen LogP contribution in [0.1, 0.15) is 77.5 Å². The summed E-state index contributed by atoms with van der Waals surface area (Å²) in [7, 11) is 1.59. The maximum Gasteiger partial charge on any atom is 0.408 e. The molecule has 1 saturated carbocycles. The molecule has 212 valence electrons. The molecule has 3 amide bonds. The summed E-state index contributed by atoms with van der Waals surface area (Å²) in [6, 6.07) is 12.9. The van der Waals surface area contributed by atoms with Crippen LogP contribution in [0.5, 0.6) is 5.75 Å². The van der Waals surface area contributed by atoms with Crippen LogP contribution >= 0.6 is 0 Å². The van der Waals surface area contributed by atoms with Gasteiger partial charge in [0.25, 0.3) is 5.91 Å². The van der Waals surface area contributed by atoms with Crippen LogP contribution in [0.2, 0.25) is 0 Å². The molecule has 0 heterocycles. The number of benzene rings is 2. The van der Waals surface area contributed by atoms with E-state index in [9.17, 15) is 14.4 Å². The normalized spacial score (nSPS) is 15.1. The molecule has 0 aromatic heterocycles. The second-order valence-corrected chi connectivity index (χ2v) is 11.7. The smallest absolute Gasteiger partial charge is 0.408 e. The van der Waals surface area contributed by atoms with Gasteiger partial charge in [-0.3, -0.25) is 9.59 Å². The van der Waals surface area contributed by atoms with Gasteiger partial charge in [-0.25, -0.2) is 4.79 Å². The SMILES string of the molecule is COc1ccc(NC(=O)C(c2cccc(C)c2)N(C(=O)C(CC(C)C)NC(=O)OC(C)(C)C)C2CCC2)cc1. The molecule has 0 aliphatic heterocycles. The van der Waals surface area contributed by atoms with E-state index in [1.807, 2.05) is 45.0 Å². The van der Waals surface area contributed by atoms with Gasteiger partial charge in [0.05, 0.1) is 7.11 Å². The number of nitrogens with one attached hydrogen (secondary N) is 2. The van der Waals surface area contributed by atoms with Crippen LogP contribution < -0.4 is 15.4 Å². The molecule has 8 nitrogen and oxygen atoms in total. The van der Waals surface area contributed by atoms with Crippen LogP contribution in [0.25, 0.3) is 0 Å². The van der Waals surface area contributed by atoms with Crippen LogP contribution in [0.4, 0.5) is 10.5 Å². The molecule has 0 saturated heterocycles. The Hall–Kier alpha value is -3.55. The molecule has 3 rings (SSSR count). The lowest BCUT2D eigenvalue weighted by Gasteiger charge is -2.43. The molecule has 2 aromatic carbocycles. The third-order valence-electron chi connectivity index (χ3n) is 6.66. The van der Waals surface area contributed by atoms with E-state index in [0.717, 1.165) is 30.4 Å². The molecule has 39 heavy (non-hydrogen) atoms. The van der Waals surface area contributed by atoms with Gasteiger partial charge in [0.1, 0.15) is 23.4 Å². The number of hydrogen-bond acceptors (Lipinski definition) is 5. The highest BCUT2D eigenvalue weighted by Crippen LogP contribution is 2.35. The standard InChI is InChI=1S/C31H43N3O5/c1-20(2)18-26(33-30(37)39-31(4,5)6)29(36)34(24-12-9-13-24)27(22-11-8-10-21(3)19-22)28(35)32-23-14-16-25(38-7)17-15-23/h8,10-11,14-17,19-20,24,26-27H,9,12-13,18H2,1-7H3,(H,32,35)(H,33,37). The molecule has 0 radical (unpaired) electrons. The highest BCUT2D eigenvalue weighted by atomic mass is 16.6. The van der Waals surface area contributed by atoms with Crippen LogP contribution in [0.3, 0.4) is 0 Å². The molecule has 2 N–H and O–H groups in total. The molecule has 2 atom stereocenters. The number of anilines is 1. The first kappa shape index (κ1) is 30.0. The zero-order valence-corrected chi connectivity index (χ0v) is 24.2. The first-order chi connectivity index (χ1) is 18.4. The van der Waals surface area contributed by atoms with Crippen molar-refractivity contribution in [2.45, 2.75) is 91.0 Å². The van der Waals surface area contributed by atoms with Gasteiger partial charge in [-0.05, 0) is 89.1 Å². The van der Waals surface area contributed by atoms with Crippen molar-refractivity contribution in [3.63, 3.8) is 0 Å². The summed E-state index contributed by atoms with van der Waals surface area (Å²) in [4.78, 5) is 42.7. The van der Waals surface area contributed by atoms with E-state index in [1.54, 1.807) is 57.0 Å². The zero-order chi connectivity index (χ0) is 28.7. The highest BCUT2D eigenvalue weighted by Gasteiger charge is 2.42. The van der Waals surface area contributed by atoms with Crippen molar-refractivity contribution in [3.8, 4) is 5.75 Å². The topological polar surface area (TPSA) is 97.0 Å². The van der Waals surface area contributed by atoms with E-state index in [-0.39, 0.29) is 23.8 Å². The summed E-state index contributed by atoms with van der Waals surface area (Å²) in [5.74, 6) is 0.212. The van der Waals surface area contributed by atoms with Gasteiger partial charge in [-0.15, -0.1) is 0 Å². The summed E-state index contributed by atoms with van der Waals surface area (Å²) in [6.07, 6.45) is 2.34. The van der Waals surface area contributed by atoms with E-state index in [1.165, 1.54) is 0 Å². The van der Waals surface area contributed by atoms with Gasteiger partial charge < -0.3 is 25.0 Å². The molecule has 0 bridgehead atoms. The van der Waals surface area contributed by atoms with Crippen LogP contribution in [-0.2, 0) is 14.3 Å². The summed E-state index contributed by atoms with van der Waals surface area (Å²) in [5.41, 5.74) is 1.61. The number of ether oxygens (including phenoxy) is 2. The predicted molar refractivity (Wildman–Crippen MR) is 153 cm³/mol. The Balaban J connectivity index is 2.00. The Morgan fingerprint density at radius 1 is 1.05 bits per heavy atom. The van der Waals surface area contributed by atoms with Crippen molar-refractivity contribution < 1.29 is 23.9 Å². The van der Waals surface area contributed by atoms with Crippen molar-refractivity contribution in [1.82, 2.24) is 10.2 Å². The minimum atomic E-state index is -0.875. The monoisotopic (exact) mass is 537 g/mol. The van der Waals surface area contributed by atoms with E-state index in [4.69, 9.17) is 9.47 Å². The quantitative estimate of drug-likeness (QED) is 0.387. The lowest BCUT2D eigenvalue weighted by atomic mass is 9.87. The van der Waals surface area contributed by atoms with Gasteiger partial charge in [-0.2, -0.15) is 0 Å². The third kappa shape index (κ3) is 8.47.